The fourth-order valence-electron chi connectivity index (χ4n) is 1.85. The molecule has 3 nitrogen and oxygen atoms in total. The van der Waals surface area contributed by atoms with E-state index < -0.39 is 5.82 Å². The summed E-state index contributed by atoms with van der Waals surface area (Å²) in [5, 5.41) is 12.0. The Bertz CT molecular complexity index is 422. The maximum absolute atomic E-state index is 13.3. The highest BCUT2D eigenvalue weighted by atomic mass is 19.1. The van der Waals surface area contributed by atoms with Gasteiger partial charge in [-0.2, -0.15) is 5.26 Å². The summed E-state index contributed by atoms with van der Waals surface area (Å²) in [5.74, 6) is -0.477. The quantitative estimate of drug-likeness (QED) is 0.850. The lowest BCUT2D eigenvalue weighted by Crippen LogP contribution is -2.40. The van der Waals surface area contributed by atoms with Gasteiger partial charge in [-0.3, -0.25) is 0 Å². The van der Waals surface area contributed by atoms with Crippen LogP contribution in [0.2, 0.25) is 0 Å². The summed E-state index contributed by atoms with van der Waals surface area (Å²) in [4.78, 5) is 0. The fourth-order valence-corrected chi connectivity index (χ4v) is 1.85. The highest BCUT2D eigenvalue weighted by molar-refractivity contribution is 5.58. The third-order valence-electron chi connectivity index (χ3n) is 2.91. The summed E-state index contributed by atoms with van der Waals surface area (Å²) < 4.78 is 18.4. The van der Waals surface area contributed by atoms with Crippen LogP contribution in [-0.4, -0.2) is 19.3 Å². The van der Waals surface area contributed by atoms with Crippen molar-refractivity contribution in [2.75, 3.05) is 12.4 Å². The standard InChI is InChI=1S/C12H13FN2O/c1-16-9-5-8(6-9)15-12-4-2-3-11(13)10(12)7-14/h2-4,8-9,15H,5-6H2,1H3. The number of nitrogens with one attached hydrogen (secondary N) is 1. The zero-order valence-corrected chi connectivity index (χ0v) is 9.03. The third kappa shape index (κ3) is 2.00. The molecular formula is C12H13FN2O. The largest absolute Gasteiger partial charge is 0.381 e. The fraction of sp³-hybridized carbons (Fsp3) is 0.417. The SMILES string of the molecule is COC1CC(Nc2cccc(F)c2C#N)C1. The van der Waals surface area contributed by atoms with Crippen molar-refractivity contribution in [3.63, 3.8) is 0 Å². The topological polar surface area (TPSA) is 45.0 Å². The molecule has 0 aliphatic heterocycles. The van der Waals surface area contributed by atoms with Crippen LogP contribution in [0.5, 0.6) is 0 Å². The second-order valence-corrected chi connectivity index (χ2v) is 3.94. The molecule has 84 valence electrons. The number of ether oxygens (including phenoxy) is 1. The number of nitriles is 1. The van der Waals surface area contributed by atoms with E-state index >= 15 is 0 Å². The Morgan fingerprint density at radius 3 is 2.88 bits per heavy atom. The summed E-state index contributed by atoms with van der Waals surface area (Å²) in [6, 6.07) is 6.77. The van der Waals surface area contributed by atoms with Crippen molar-refractivity contribution in [2.24, 2.45) is 0 Å². The molecule has 0 radical (unpaired) electrons. The number of rotatable bonds is 3. The van der Waals surface area contributed by atoms with Gasteiger partial charge in [0.2, 0.25) is 0 Å². The smallest absolute Gasteiger partial charge is 0.143 e. The van der Waals surface area contributed by atoms with Gasteiger partial charge >= 0.3 is 0 Å². The van der Waals surface area contributed by atoms with Gasteiger partial charge in [-0.15, -0.1) is 0 Å². The van der Waals surface area contributed by atoms with E-state index in [9.17, 15) is 4.39 Å². The molecule has 2 rings (SSSR count). The lowest BCUT2D eigenvalue weighted by Gasteiger charge is -2.35. The van der Waals surface area contributed by atoms with Crippen LogP contribution < -0.4 is 5.32 Å². The van der Waals surface area contributed by atoms with Gasteiger partial charge in [0, 0.05) is 13.2 Å². The average Bonchev–Trinajstić information content (AvgIpc) is 2.23. The zero-order chi connectivity index (χ0) is 11.5. The number of benzene rings is 1. The molecular weight excluding hydrogens is 207 g/mol. The van der Waals surface area contributed by atoms with E-state index in [-0.39, 0.29) is 17.7 Å². The Balaban J connectivity index is 2.06. The van der Waals surface area contributed by atoms with Gasteiger partial charge in [0.15, 0.2) is 0 Å². The van der Waals surface area contributed by atoms with Crippen LogP contribution >= 0.6 is 0 Å². The molecule has 16 heavy (non-hydrogen) atoms. The van der Waals surface area contributed by atoms with Gasteiger partial charge < -0.3 is 10.1 Å². The highest BCUT2D eigenvalue weighted by Gasteiger charge is 2.29. The molecule has 0 unspecified atom stereocenters. The predicted molar refractivity (Wildman–Crippen MR) is 58.6 cm³/mol. The zero-order valence-electron chi connectivity index (χ0n) is 9.03. The van der Waals surface area contributed by atoms with Crippen LogP contribution in [0.25, 0.3) is 0 Å². The van der Waals surface area contributed by atoms with Crippen LogP contribution in [0.15, 0.2) is 18.2 Å². The minimum atomic E-state index is -0.477. The van der Waals surface area contributed by atoms with Crippen molar-refractivity contribution in [3.8, 4) is 6.07 Å². The Labute approximate surface area is 93.8 Å². The molecule has 1 fully saturated rings. The van der Waals surface area contributed by atoms with E-state index in [4.69, 9.17) is 10.00 Å². The van der Waals surface area contributed by atoms with Crippen LogP contribution in [0.4, 0.5) is 10.1 Å². The molecule has 0 saturated heterocycles. The number of anilines is 1. The summed E-state index contributed by atoms with van der Waals surface area (Å²) >= 11 is 0. The number of hydrogen-bond donors (Lipinski definition) is 1. The molecule has 0 heterocycles. The van der Waals surface area contributed by atoms with E-state index in [0.29, 0.717) is 5.69 Å². The predicted octanol–water partition coefficient (Wildman–Crippen LogP) is 2.29. The van der Waals surface area contributed by atoms with Gasteiger partial charge in [-0.05, 0) is 25.0 Å². The first-order chi connectivity index (χ1) is 7.74. The van der Waals surface area contributed by atoms with Crippen LogP contribution in [0.3, 0.4) is 0 Å². The highest BCUT2D eigenvalue weighted by Crippen LogP contribution is 2.28. The van der Waals surface area contributed by atoms with E-state index in [1.54, 1.807) is 19.2 Å². The van der Waals surface area contributed by atoms with Gasteiger partial charge in [-0.25, -0.2) is 4.39 Å². The maximum atomic E-state index is 13.3. The minimum absolute atomic E-state index is 0.0865. The molecule has 1 aromatic rings. The van der Waals surface area contributed by atoms with Crippen molar-refractivity contribution in [2.45, 2.75) is 25.0 Å². The second-order valence-electron chi connectivity index (χ2n) is 3.94. The number of methoxy groups -OCH3 is 1. The number of hydrogen-bond acceptors (Lipinski definition) is 3. The Morgan fingerprint density at radius 2 is 2.25 bits per heavy atom. The maximum Gasteiger partial charge on any atom is 0.143 e. The second kappa shape index (κ2) is 4.50. The van der Waals surface area contributed by atoms with Gasteiger partial charge in [-0.1, -0.05) is 6.07 Å². The molecule has 0 bridgehead atoms. The van der Waals surface area contributed by atoms with E-state index in [1.165, 1.54) is 6.07 Å². The summed E-state index contributed by atoms with van der Waals surface area (Å²) in [6.07, 6.45) is 2.09. The normalized spacial score (nSPS) is 23.3. The van der Waals surface area contributed by atoms with Crippen molar-refractivity contribution in [3.05, 3.63) is 29.6 Å². The Kier molecular flexibility index (Phi) is 3.07. The van der Waals surface area contributed by atoms with Crippen molar-refractivity contribution >= 4 is 5.69 Å². The molecule has 1 aromatic carbocycles. The molecule has 1 aliphatic rings. The molecule has 0 atom stereocenters. The summed E-state index contributed by atoms with van der Waals surface area (Å²) in [7, 11) is 1.68. The van der Waals surface area contributed by atoms with Crippen molar-refractivity contribution in [1.82, 2.24) is 0 Å². The average molecular weight is 220 g/mol. The Morgan fingerprint density at radius 1 is 1.50 bits per heavy atom. The van der Waals surface area contributed by atoms with Gasteiger partial charge in [0.1, 0.15) is 17.4 Å². The molecule has 0 amide bonds. The van der Waals surface area contributed by atoms with Crippen LogP contribution in [0, 0.1) is 17.1 Å². The molecule has 0 spiro atoms. The minimum Gasteiger partial charge on any atom is -0.381 e. The van der Waals surface area contributed by atoms with Crippen molar-refractivity contribution < 1.29 is 9.13 Å². The summed E-state index contributed by atoms with van der Waals surface area (Å²) in [5.41, 5.74) is 0.658. The molecule has 1 saturated carbocycles. The monoisotopic (exact) mass is 220 g/mol. The Hall–Kier alpha value is -1.60. The number of halogens is 1. The van der Waals surface area contributed by atoms with Gasteiger partial charge in [0.25, 0.3) is 0 Å². The van der Waals surface area contributed by atoms with Crippen LogP contribution in [0.1, 0.15) is 18.4 Å². The molecule has 1 N–H and O–H groups in total. The first-order valence-electron chi connectivity index (χ1n) is 5.22. The first-order valence-corrected chi connectivity index (χ1v) is 5.22. The van der Waals surface area contributed by atoms with Crippen molar-refractivity contribution in [1.29, 1.82) is 5.26 Å². The van der Waals surface area contributed by atoms with E-state index in [0.717, 1.165) is 12.8 Å². The summed E-state index contributed by atoms with van der Waals surface area (Å²) in [6.45, 7) is 0. The molecule has 1 aliphatic carbocycles. The lowest BCUT2D eigenvalue weighted by atomic mass is 9.89. The lowest BCUT2D eigenvalue weighted by molar-refractivity contribution is 0.0328. The van der Waals surface area contributed by atoms with Crippen LogP contribution in [-0.2, 0) is 4.74 Å². The third-order valence-corrected chi connectivity index (χ3v) is 2.91. The molecule has 0 aromatic heterocycles. The van der Waals surface area contributed by atoms with E-state index in [1.807, 2.05) is 6.07 Å². The number of nitrogens with zero attached hydrogens (tertiary/aromatic N) is 1. The van der Waals surface area contributed by atoms with E-state index in [2.05, 4.69) is 5.32 Å². The van der Waals surface area contributed by atoms with Gasteiger partial charge in [0.05, 0.1) is 11.8 Å². The molecule has 4 heteroatoms. The first kappa shape index (κ1) is 10.9.